The summed E-state index contributed by atoms with van der Waals surface area (Å²) in [6.45, 7) is 3.09. The number of hydrogen-bond acceptors (Lipinski definition) is 5. The monoisotopic (exact) mass is 388 g/mol. The minimum atomic E-state index is -0.533. The minimum absolute atomic E-state index is 0.0375. The number of hydrogen-bond donors (Lipinski definition) is 1. The summed E-state index contributed by atoms with van der Waals surface area (Å²) in [4.78, 5) is 14.7. The van der Waals surface area contributed by atoms with Gasteiger partial charge in [-0.25, -0.2) is 4.39 Å². The highest BCUT2D eigenvalue weighted by molar-refractivity contribution is 5.94. The topological polar surface area (TPSA) is 60.0 Å². The van der Waals surface area contributed by atoms with Gasteiger partial charge in [-0.1, -0.05) is 18.2 Å². The third kappa shape index (κ3) is 4.61. The van der Waals surface area contributed by atoms with Crippen LogP contribution in [0.5, 0.6) is 11.5 Å². The number of carbonyl (C=O) groups excluding carboxylic acids is 1. The second-order valence-electron chi connectivity index (χ2n) is 6.47. The van der Waals surface area contributed by atoms with Gasteiger partial charge in [0.05, 0.1) is 39.0 Å². The van der Waals surface area contributed by atoms with E-state index in [9.17, 15) is 9.18 Å². The van der Waals surface area contributed by atoms with Gasteiger partial charge in [0.1, 0.15) is 5.82 Å². The van der Waals surface area contributed by atoms with E-state index in [0.717, 1.165) is 18.7 Å². The van der Waals surface area contributed by atoms with Gasteiger partial charge in [-0.05, 0) is 29.8 Å². The van der Waals surface area contributed by atoms with Crippen LogP contribution in [0.3, 0.4) is 0 Å². The lowest BCUT2D eigenvalue weighted by molar-refractivity contribution is 0.0162. The molecule has 1 aliphatic heterocycles. The molecule has 1 atom stereocenters. The fourth-order valence-electron chi connectivity index (χ4n) is 3.34. The zero-order valence-corrected chi connectivity index (χ0v) is 16.1. The zero-order valence-electron chi connectivity index (χ0n) is 16.1. The predicted octanol–water partition coefficient (Wildman–Crippen LogP) is 2.65. The molecule has 1 fully saturated rings. The molecule has 28 heavy (non-hydrogen) atoms. The molecule has 2 aromatic carbocycles. The maximum atomic E-state index is 13.9. The molecule has 7 heteroatoms. The summed E-state index contributed by atoms with van der Waals surface area (Å²) in [7, 11) is 3.18. The van der Waals surface area contributed by atoms with Crippen molar-refractivity contribution >= 4 is 5.91 Å². The van der Waals surface area contributed by atoms with Crippen molar-refractivity contribution in [1.82, 2.24) is 10.2 Å². The summed E-state index contributed by atoms with van der Waals surface area (Å²) < 4.78 is 30.1. The molecule has 0 unspecified atom stereocenters. The minimum Gasteiger partial charge on any atom is -0.493 e. The van der Waals surface area contributed by atoms with Crippen molar-refractivity contribution in [2.75, 3.05) is 47.1 Å². The quantitative estimate of drug-likeness (QED) is 0.790. The van der Waals surface area contributed by atoms with Crippen LogP contribution in [0.15, 0.2) is 42.5 Å². The third-order valence-electron chi connectivity index (χ3n) is 4.85. The predicted molar refractivity (Wildman–Crippen MR) is 103 cm³/mol. The van der Waals surface area contributed by atoms with Crippen LogP contribution in [0.25, 0.3) is 0 Å². The maximum Gasteiger partial charge on any atom is 0.254 e. The van der Waals surface area contributed by atoms with Crippen molar-refractivity contribution in [3.8, 4) is 11.5 Å². The molecular formula is C21H25FN2O4. The fraction of sp³-hybridized carbons (Fsp3) is 0.381. The molecule has 1 heterocycles. The molecule has 0 radical (unpaired) electrons. The smallest absolute Gasteiger partial charge is 0.254 e. The molecule has 1 aliphatic rings. The molecule has 3 rings (SSSR count). The molecule has 1 saturated heterocycles. The zero-order chi connectivity index (χ0) is 19.9. The Kier molecular flexibility index (Phi) is 6.84. The van der Waals surface area contributed by atoms with E-state index in [2.05, 4.69) is 10.2 Å². The summed E-state index contributed by atoms with van der Waals surface area (Å²) >= 11 is 0. The van der Waals surface area contributed by atoms with Gasteiger partial charge < -0.3 is 19.5 Å². The van der Waals surface area contributed by atoms with Gasteiger partial charge in [0.25, 0.3) is 5.91 Å². The number of rotatable bonds is 7. The second kappa shape index (κ2) is 9.52. The van der Waals surface area contributed by atoms with E-state index in [1.54, 1.807) is 26.4 Å². The first kappa shape index (κ1) is 20.1. The summed E-state index contributed by atoms with van der Waals surface area (Å²) in [6.07, 6.45) is 0. The van der Waals surface area contributed by atoms with Gasteiger partial charge in [-0.3, -0.25) is 9.69 Å². The van der Waals surface area contributed by atoms with Crippen LogP contribution < -0.4 is 14.8 Å². The van der Waals surface area contributed by atoms with E-state index in [0.29, 0.717) is 31.3 Å². The summed E-state index contributed by atoms with van der Waals surface area (Å²) in [5.41, 5.74) is 1.02. The lowest BCUT2D eigenvalue weighted by Gasteiger charge is -2.35. The molecule has 0 spiro atoms. The number of methoxy groups -OCH3 is 2. The lowest BCUT2D eigenvalue weighted by Crippen LogP contribution is -2.44. The molecule has 150 valence electrons. The summed E-state index contributed by atoms with van der Waals surface area (Å²) in [5, 5.41) is 2.87. The molecule has 2 aromatic rings. The number of ether oxygens (including phenoxy) is 3. The molecule has 0 bridgehead atoms. The average molecular weight is 388 g/mol. The van der Waals surface area contributed by atoms with Crippen LogP contribution in [0.4, 0.5) is 4.39 Å². The molecule has 1 amide bonds. The fourth-order valence-corrected chi connectivity index (χ4v) is 3.34. The Hall–Kier alpha value is -2.64. The van der Waals surface area contributed by atoms with Crippen LogP contribution >= 0.6 is 0 Å². The highest BCUT2D eigenvalue weighted by Crippen LogP contribution is 2.32. The standard InChI is InChI=1S/C21H25FN2O4/c1-26-19-8-7-15(13-20(19)27-2)18(24-9-11-28-12-10-24)14-23-21(25)16-5-3-4-6-17(16)22/h3-8,13,18H,9-12,14H2,1-2H3,(H,23,25)/t18-/m1/s1. The van der Waals surface area contributed by atoms with Crippen molar-refractivity contribution in [3.05, 3.63) is 59.4 Å². The van der Waals surface area contributed by atoms with Gasteiger partial charge in [0.15, 0.2) is 11.5 Å². The van der Waals surface area contributed by atoms with Crippen LogP contribution in [0, 0.1) is 5.82 Å². The van der Waals surface area contributed by atoms with Crippen molar-refractivity contribution < 1.29 is 23.4 Å². The van der Waals surface area contributed by atoms with Gasteiger partial charge in [-0.15, -0.1) is 0 Å². The largest absolute Gasteiger partial charge is 0.493 e. The Morgan fingerprint density at radius 1 is 1.14 bits per heavy atom. The highest BCUT2D eigenvalue weighted by Gasteiger charge is 2.25. The van der Waals surface area contributed by atoms with Crippen LogP contribution in [-0.2, 0) is 4.74 Å². The molecule has 0 aromatic heterocycles. The Morgan fingerprint density at radius 2 is 1.86 bits per heavy atom. The molecule has 0 aliphatic carbocycles. The van der Waals surface area contributed by atoms with Crippen molar-refractivity contribution in [2.45, 2.75) is 6.04 Å². The number of morpholine rings is 1. The Balaban J connectivity index is 1.81. The van der Waals surface area contributed by atoms with E-state index in [-0.39, 0.29) is 11.6 Å². The van der Waals surface area contributed by atoms with Gasteiger partial charge in [0.2, 0.25) is 0 Å². The molecule has 0 saturated carbocycles. The van der Waals surface area contributed by atoms with Crippen LogP contribution in [-0.4, -0.2) is 57.9 Å². The first-order chi connectivity index (χ1) is 13.6. The summed E-state index contributed by atoms with van der Waals surface area (Å²) in [5.74, 6) is 0.298. The van der Waals surface area contributed by atoms with E-state index >= 15 is 0 Å². The van der Waals surface area contributed by atoms with E-state index < -0.39 is 11.7 Å². The molecular weight excluding hydrogens is 363 g/mol. The number of benzene rings is 2. The highest BCUT2D eigenvalue weighted by atomic mass is 19.1. The van der Waals surface area contributed by atoms with Crippen LogP contribution in [0.1, 0.15) is 22.0 Å². The Morgan fingerprint density at radius 3 is 2.54 bits per heavy atom. The van der Waals surface area contributed by atoms with E-state index in [1.165, 1.54) is 12.1 Å². The molecule has 6 nitrogen and oxygen atoms in total. The van der Waals surface area contributed by atoms with E-state index in [4.69, 9.17) is 14.2 Å². The average Bonchev–Trinajstić information content (AvgIpc) is 2.74. The first-order valence-corrected chi connectivity index (χ1v) is 9.20. The number of nitrogens with one attached hydrogen (secondary N) is 1. The van der Waals surface area contributed by atoms with Crippen molar-refractivity contribution in [1.29, 1.82) is 0 Å². The lowest BCUT2D eigenvalue weighted by atomic mass is 10.0. The van der Waals surface area contributed by atoms with E-state index in [1.807, 2.05) is 18.2 Å². The number of halogens is 1. The number of nitrogens with zero attached hydrogens (tertiary/aromatic N) is 1. The Bertz CT molecular complexity index is 809. The molecule has 1 N–H and O–H groups in total. The normalized spacial score (nSPS) is 15.7. The van der Waals surface area contributed by atoms with Gasteiger partial charge in [-0.2, -0.15) is 0 Å². The van der Waals surface area contributed by atoms with Gasteiger partial charge in [0, 0.05) is 19.6 Å². The summed E-state index contributed by atoms with van der Waals surface area (Å²) in [6, 6.07) is 11.6. The SMILES string of the molecule is COc1ccc([C@@H](CNC(=O)c2ccccc2F)N2CCOCC2)cc1OC. The van der Waals surface area contributed by atoms with Gasteiger partial charge >= 0.3 is 0 Å². The maximum absolute atomic E-state index is 13.9. The third-order valence-corrected chi connectivity index (χ3v) is 4.85. The Labute approximate surface area is 164 Å². The van der Waals surface area contributed by atoms with Crippen molar-refractivity contribution in [3.63, 3.8) is 0 Å². The van der Waals surface area contributed by atoms with Crippen molar-refractivity contribution in [2.24, 2.45) is 0 Å². The number of carbonyl (C=O) groups is 1. The second-order valence-corrected chi connectivity index (χ2v) is 6.47. The van der Waals surface area contributed by atoms with Crippen LogP contribution in [0.2, 0.25) is 0 Å². The first-order valence-electron chi connectivity index (χ1n) is 9.20. The number of amides is 1.